The van der Waals surface area contributed by atoms with E-state index in [9.17, 15) is 4.79 Å². The normalized spacial score (nSPS) is 13.4. The van der Waals surface area contributed by atoms with E-state index in [1.54, 1.807) is 0 Å². The lowest BCUT2D eigenvalue weighted by atomic mass is 9.98. The van der Waals surface area contributed by atoms with Crippen molar-refractivity contribution in [3.63, 3.8) is 0 Å². The molecule has 0 saturated carbocycles. The summed E-state index contributed by atoms with van der Waals surface area (Å²) in [5, 5.41) is 5.32. The fraction of sp³-hybridized carbons (Fsp3) is 0.190. The van der Waals surface area contributed by atoms with Crippen molar-refractivity contribution in [2.45, 2.75) is 25.4 Å². The zero-order valence-corrected chi connectivity index (χ0v) is 13.8. The molecule has 2 atom stereocenters. The number of nitrogens with two attached hydrogens (primary N) is 1. The molecule has 24 heavy (non-hydrogen) atoms. The number of amides is 1. The zero-order valence-electron chi connectivity index (χ0n) is 13.8. The Bertz CT molecular complexity index is 824. The molecule has 3 aromatic carbocycles. The maximum atomic E-state index is 12.4. The minimum atomic E-state index is -0.568. The van der Waals surface area contributed by atoms with Gasteiger partial charge in [-0.1, -0.05) is 72.8 Å². The molecule has 0 aromatic heterocycles. The van der Waals surface area contributed by atoms with E-state index in [1.807, 2.05) is 61.5 Å². The summed E-state index contributed by atoms with van der Waals surface area (Å²) in [4.78, 5) is 12.4. The Hall–Kier alpha value is -2.65. The van der Waals surface area contributed by atoms with Gasteiger partial charge in [0.05, 0.1) is 12.1 Å². The summed E-state index contributed by atoms with van der Waals surface area (Å²) in [5.74, 6) is -0.126. The van der Waals surface area contributed by atoms with Gasteiger partial charge in [0.2, 0.25) is 5.91 Å². The van der Waals surface area contributed by atoms with Crippen LogP contribution < -0.4 is 11.1 Å². The Morgan fingerprint density at radius 3 is 2.42 bits per heavy atom. The van der Waals surface area contributed by atoms with E-state index in [0.717, 1.165) is 16.5 Å². The molecule has 3 aromatic rings. The van der Waals surface area contributed by atoms with Gasteiger partial charge in [-0.25, -0.2) is 0 Å². The lowest BCUT2D eigenvalue weighted by Crippen LogP contribution is -2.43. The van der Waals surface area contributed by atoms with Crippen LogP contribution in [0.4, 0.5) is 0 Å². The van der Waals surface area contributed by atoms with Crippen LogP contribution in [0.1, 0.15) is 24.1 Å². The third-order valence-electron chi connectivity index (χ3n) is 4.31. The molecule has 0 aliphatic rings. The highest BCUT2D eigenvalue weighted by atomic mass is 16.2. The predicted molar refractivity (Wildman–Crippen MR) is 98.6 cm³/mol. The van der Waals surface area contributed by atoms with E-state index in [2.05, 4.69) is 23.5 Å². The van der Waals surface area contributed by atoms with Crippen molar-refractivity contribution in [1.82, 2.24) is 5.32 Å². The number of fused-ring (bicyclic) bond motifs is 1. The Morgan fingerprint density at radius 1 is 0.958 bits per heavy atom. The SMILES string of the molecule is C[C@H](NC(=O)[C@@H](N)Cc1cccc2ccccc12)c1ccccc1. The first-order valence-electron chi connectivity index (χ1n) is 8.22. The molecule has 3 N–H and O–H groups in total. The maximum absolute atomic E-state index is 12.4. The van der Waals surface area contributed by atoms with Crippen LogP contribution in [0.15, 0.2) is 72.8 Å². The second-order valence-corrected chi connectivity index (χ2v) is 6.09. The van der Waals surface area contributed by atoms with Crippen LogP contribution in [-0.2, 0) is 11.2 Å². The maximum Gasteiger partial charge on any atom is 0.237 e. The molecule has 3 heteroatoms. The van der Waals surface area contributed by atoms with Gasteiger partial charge in [-0.15, -0.1) is 0 Å². The lowest BCUT2D eigenvalue weighted by Gasteiger charge is -2.18. The molecular formula is C21H22N2O. The number of carbonyl (C=O) groups is 1. The van der Waals surface area contributed by atoms with Crippen LogP contribution in [0.25, 0.3) is 10.8 Å². The van der Waals surface area contributed by atoms with E-state index in [0.29, 0.717) is 6.42 Å². The highest BCUT2D eigenvalue weighted by Crippen LogP contribution is 2.20. The number of benzene rings is 3. The van der Waals surface area contributed by atoms with E-state index in [-0.39, 0.29) is 11.9 Å². The van der Waals surface area contributed by atoms with Gasteiger partial charge in [-0.3, -0.25) is 4.79 Å². The Morgan fingerprint density at radius 2 is 1.62 bits per heavy atom. The summed E-state index contributed by atoms with van der Waals surface area (Å²) >= 11 is 0. The highest BCUT2D eigenvalue weighted by molar-refractivity contribution is 5.87. The van der Waals surface area contributed by atoms with Crippen LogP contribution in [0.5, 0.6) is 0 Å². The average molecular weight is 318 g/mol. The first-order chi connectivity index (χ1) is 11.6. The van der Waals surface area contributed by atoms with Crippen molar-refractivity contribution >= 4 is 16.7 Å². The number of rotatable bonds is 5. The number of hydrogen-bond acceptors (Lipinski definition) is 2. The van der Waals surface area contributed by atoms with Gasteiger partial charge < -0.3 is 11.1 Å². The van der Waals surface area contributed by atoms with Crippen LogP contribution in [0.2, 0.25) is 0 Å². The highest BCUT2D eigenvalue weighted by Gasteiger charge is 2.17. The van der Waals surface area contributed by atoms with E-state index in [1.165, 1.54) is 5.39 Å². The largest absolute Gasteiger partial charge is 0.348 e. The van der Waals surface area contributed by atoms with Crippen LogP contribution in [0.3, 0.4) is 0 Å². The third-order valence-corrected chi connectivity index (χ3v) is 4.31. The molecule has 3 nitrogen and oxygen atoms in total. The molecule has 3 rings (SSSR count). The standard InChI is InChI=1S/C21H22N2O/c1-15(16-8-3-2-4-9-16)23-21(24)20(22)14-18-12-7-11-17-10-5-6-13-19(17)18/h2-13,15,20H,14,22H2,1H3,(H,23,24)/t15-,20-/m0/s1. The van der Waals surface area contributed by atoms with Crippen molar-refractivity contribution in [1.29, 1.82) is 0 Å². The van der Waals surface area contributed by atoms with Gasteiger partial charge in [0.1, 0.15) is 0 Å². The molecule has 122 valence electrons. The average Bonchev–Trinajstić information content (AvgIpc) is 2.62. The number of hydrogen-bond donors (Lipinski definition) is 2. The smallest absolute Gasteiger partial charge is 0.237 e. The Kier molecular flexibility index (Phi) is 4.92. The summed E-state index contributed by atoms with van der Waals surface area (Å²) in [6.45, 7) is 1.97. The molecule has 0 unspecified atom stereocenters. The topological polar surface area (TPSA) is 55.1 Å². The number of carbonyl (C=O) groups excluding carboxylic acids is 1. The van der Waals surface area contributed by atoms with Gasteiger partial charge in [0.15, 0.2) is 0 Å². The number of nitrogens with one attached hydrogen (secondary N) is 1. The zero-order chi connectivity index (χ0) is 16.9. The van der Waals surface area contributed by atoms with Crippen LogP contribution >= 0.6 is 0 Å². The summed E-state index contributed by atoms with van der Waals surface area (Å²) < 4.78 is 0. The summed E-state index contributed by atoms with van der Waals surface area (Å²) in [6, 6.07) is 23.6. The monoisotopic (exact) mass is 318 g/mol. The van der Waals surface area contributed by atoms with Gasteiger partial charge in [0.25, 0.3) is 0 Å². The molecule has 0 saturated heterocycles. The summed E-state index contributed by atoms with van der Waals surface area (Å²) in [6.07, 6.45) is 0.523. The molecule has 0 aliphatic carbocycles. The van der Waals surface area contributed by atoms with Gasteiger partial charge in [-0.05, 0) is 35.2 Å². The molecule has 0 fully saturated rings. The Labute approximate surface area is 142 Å². The molecule has 1 amide bonds. The second-order valence-electron chi connectivity index (χ2n) is 6.09. The van der Waals surface area contributed by atoms with Gasteiger partial charge >= 0.3 is 0 Å². The van der Waals surface area contributed by atoms with Crippen molar-refractivity contribution < 1.29 is 4.79 Å². The van der Waals surface area contributed by atoms with Crippen molar-refractivity contribution in [3.8, 4) is 0 Å². The van der Waals surface area contributed by atoms with Crippen molar-refractivity contribution in [2.24, 2.45) is 5.73 Å². The van der Waals surface area contributed by atoms with Crippen LogP contribution in [0, 0.1) is 0 Å². The van der Waals surface area contributed by atoms with Gasteiger partial charge in [-0.2, -0.15) is 0 Å². The lowest BCUT2D eigenvalue weighted by molar-refractivity contribution is -0.123. The van der Waals surface area contributed by atoms with E-state index in [4.69, 9.17) is 5.73 Å². The quantitative estimate of drug-likeness (QED) is 0.755. The first-order valence-corrected chi connectivity index (χ1v) is 8.22. The minimum Gasteiger partial charge on any atom is -0.348 e. The van der Waals surface area contributed by atoms with Crippen LogP contribution in [-0.4, -0.2) is 11.9 Å². The van der Waals surface area contributed by atoms with Gasteiger partial charge in [0, 0.05) is 0 Å². The molecule has 0 radical (unpaired) electrons. The van der Waals surface area contributed by atoms with E-state index < -0.39 is 6.04 Å². The first kappa shape index (κ1) is 16.2. The molecule has 0 heterocycles. The molecular weight excluding hydrogens is 296 g/mol. The van der Waals surface area contributed by atoms with Crippen molar-refractivity contribution in [3.05, 3.63) is 83.9 Å². The predicted octanol–water partition coefficient (Wildman–Crippen LogP) is 3.59. The third kappa shape index (κ3) is 3.63. The summed E-state index contributed by atoms with van der Waals surface area (Å²) in [5.41, 5.74) is 8.33. The fourth-order valence-corrected chi connectivity index (χ4v) is 2.95. The van der Waals surface area contributed by atoms with E-state index >= 15 is 0 Å². The fourth-order valence-electron chi connectivity index (χ4n) is 2.95. The molecule has 0 aliphatic heterocycles. The Balaban J connectivity index is 1.70. The molecule has 0 spiro atoms. The molecule has 0 bridgehead atoms. The van der Waals surface area contributed by atoms with Crippen molar-refractivity contribution in [2.75, 3.05) is 0 Å². The minimum absolute atomic E-state index is 0.0581. The second kappa shape index (κ2) is 7.28. The summed E-state index contributed by atoms with van der Waals surface area (Å²) in [7, 11) is 0.